The van der Waals surface area contributed by atoms with Crippen LogP contribution in [0.1, 0.15) is 19.8 Å². The molecular formula is C11H15BrN2S. The zero-order valence-corrected chi connectivity index (χ0v) is 11.1. The molecule has 0 spiro atoms. The Morgan fingerprint density at radius 1 is 1.53 bits per heavy atom. The molecule has 0 radical (unpaired) electrons. The number of hydrogen-bond donors (Lipinski definition) is 1. The molecule has 0 bridgehead atoms. The molecule has 1 fully saturated rings. The van der Waals surface area contributed by atoms with Crippen LogP contribution in [0.2, 0.25) is 0 Å². The largest absolute Gasteiger partial charge is 0.380 e. The lowest BCUT2D eigenvalue weighted by Gasteiger charge is -2.29. The second kappa shape index (κ2) is 5.21. The number of pyridine rings is 1. The van der Waals surface area contributed by atoms with Crippen LogP contribution in [-0.2, 0) is 0 Å². The predicted octanol–water partition coefficient (Wildman–Crippen LogP) is 3.54. The summed E-state index contributed by atoms with van der Waals surface area (Å²) >= 11 is 5.40. The summed E-state index contributed by atoms with van der Waals surface area (Å²) in [4.78, 5) is 4.22. The van der Waals surface area contributed by atoms with E-state index in [4.69, 9.17) is 0 Å². The van der Waals surface area contributed by atoms with Crippen molar-refractivity contribution in [1.29, 1.82) is 0 Å². The molecule has 0 aliphatic carbocycles. The first-order valence-electron chi connectivity index (χ1n) is 5.25. The minimum Gasteiger partial charge on any atom is -0.380 e. The Bertz CT molecular complexity index is 315. The van der Waals surface area contributed by atoms with E-state index in [2.05, 4.69) is 51.0 Å². The van der Waals surface area contributed by atoms with Crippen molar-refractivity contribution < 1.29 is 0 Å². The highest BCUT2D eigenvalue weighted by molar-refractivity contribution is 9.10. The maximum Gasteiger partial charge on any atom is 0.106 e. The molecule has 15 heavy (non-hydrogen) atoms. The van der Waals surface area contributed by atoms with Crippen LogP contribution >= 0.6 is 27.7 Å². The van der Waals surface area contributed by atoms with E-state index in [0.29, 0.717) is 11.3 Å². The molecule has 82 valence electrons. The fourth-order valence-electron chi connectivity index (χ4n) is 1.79. The molecule has 2 rings (SSSR count). The van der Waals surface area contributed by atoms with Gasteiger partial charge in [-0.2, -0.15) is 11.8 Å². The average molecular weight is 287 g/mol. The number of nitrogens with zero attached hydrogens (tertiary/aromatic N) is 1. The lowest BCUT2D eigenvalue weighted by molar-refractivity contribution is 0.617. The lowest BCUT2D eigenvalue weighted by Crippen LogP contribution is -2.32. The van der Waals surface area contributed by atoms with Crippen LogP contribution in [0.25, 0.3) is 0 Å². The number of thioether (sulfide) groups is 1. The summed E-state index contributed by atoms with van der Waals surface area (Å²) in [5.41, 5.74) is 1.12. The van der Waals surface area contributed by atoms with Gasteiger partial charge in [0.05, 0.1) is 11.9 Å². The minimum atomic E-state index is 0.590. The third kappa shape index (κ3) is 3.11. The first-order valence-corrected chi connectivity index (χ1v) is 7.09. The summed E-state index contributed by atoms with van der Waals surface area (Å²) in [6.45, 7) is 2.30. The SMILES string of the molecule is CC1SCCCC1Nc1ccc(Br)nc1. The van der Waals surface area contributed by atoms with Gasteiger partial charge in [0.2, 0.25) is 0 Å². The Morgan fingerprint density at radius 2 is 2.40 bits per heavy atom. The number of halogens is 1. The summed E-state index contributed by atoms with van der Waals surface area (Å²) in [7, 11) is 0. The molecule has 0 amide bonds. The second-order valence-corrected chi connectivity index (χ2v) is 6.14. The molecule has 1 N–H and O–H groups in total. The van der Waals surface area contributed by atoms with Crippen LogP contribution in [0.4, 0.5) is 5.69 Å². The van der Waals surface area contributed by atoms with E-state index in [-0.39, 0.29) is 0 Å². The molecule has 1 aromatic heterocycles. The van der Waals surface area contributed by atoms with Crippen molar-refractivity contribution in [2.24, 2.45) is 0 Å². The Balaban J connectivity index is 1.98. The van der Waals surface area contributed by atoms with Crippen molar-refractivity contribution in [3.63, 3.8) is 0 Å². The van der Waals surface area contributed by atoms with Crippen LogP contribution in [0.5, 0.6) is 0 Å². The van der Waals surface area contributed by atoms with E-state index in [1.165, 1.54) is 18.6 Å². The molecule has 1 saturated heterocycles. The Kier molecular flexibility index (Phi) is 3.92. The number of hydrogen-bond acceptors (Lipinski definition) is 3. The third-order valence-electron chi connectivity index (χ3n) is 2.69. The summed E-state index contributed by atoms with van der Waals surface area (Å²) < 4.78 is 0.888. The monoisotopic (exact) mass is 286 g/mol. The number of anilines is 1. The van der Waals surface area contributed by atoms with Crippen molar-refractivity contribution in [3.8, 4) is 0 Å². The molecule has 1 aliphatic heterocycles. The number of aromatic nitrogens is 1. The van der Waals surface area contributed by atoms with Gasteiger partial charge in [0.25, 0.3) is 0 Å². The average Bonchev–Trinajstić information content (AvgIpc) is 2.25. The first kappa shape index (κ1) is 11.3. The smallest absolute Gasteiger partial charge is 0.106 e. The molecule has 1 aliphatic rings. The highest BCUT2D eigenvalue weighted by Crippen LogP contribution is 2.27. The van der Waals surface area contributed by atoms with Crippen LogP contribution in [-0.4, -0.2) is 22.0 Å². The van der Waals surface area contributed by atoms with Crippen LogP contribution < -0.4 is 5.32 Å². The van der Waals surface area contributed by atoms with Gasteiger partial charge in [-0.05, 0) is 46.7 Å². The summed E-state index contributed by atoms with van der Waals surface area (Å²) in [5, 5.41) is 4.25. The van der Waals surface area contributed by atoms with Crippen molar-refractivity contribution in [3.05, 3.63) is 22.9 Å². The fourth-order valence-corrected chi connectivity index (χ4v) is 3.16. The fraction of sp³-hybridized carbons (Fsp3) is 0.545. The Hall–Kier alpha value is -0.220. The molecule has 0 saturated carbocycles. The molecular weight excluding hydrogens is 272 g/mol. The zero-order chi connectivity index (χ0) is 10.7. The van der Waals surface area contributed by atoms with Crippen LogP contribution in [0, 0.1) is 0 Å². The van der Waals surface area contributed by atoms with E-state index in [1.807, 2.05) is 12.3 Å². The second-order valence-electron chi connectivity index (χ2n) is 3.84. The molecule has 2 heterocycles. The molecule has 2 atom stereocenters. The number of rotatable bonds is 2. The standard InChI is InChI=1S/C11H15BrN2S/c1-8-10(3-2-6-15-8)14-9-4-5-11(12)13-7-9/h4-5,7-8,10,14H,2-3,6H2,1H3. The normalized spacial score (nSPS) is 26.3. The first-order chi connectivity index (χ1) is 7.25. The topological polar surface area (TPSA) is 24.9 Å². The summed E-state index contributed by atoms with van der Waals surface area (Å²) in [5.74, 6) is 1.30. The molecule has 1 aromatic rings. The van der Waals surface area contributed by atoms with Crippen molar-refractivity contribution in [2.45, 2.75) is 31.1 Å². The Morgan fingerprint density at radius 3 is 3.07 bits per heavy atom. The maximum absolute atomic E-state index is 4.22. The van der Waals surface area contributed by atoms with E-state index in [1.54, 1.807) is 0 Å². The van der Waals surface area contributed by atoms with Crippen molar-refractivity contribution in [2.75, 3.05) is 11.1 Å². The van der Waals surface area contributed by atoms with Crippen molar-refractivity contribution in [1.82, 2.24) is 4.98 Å². The van der Waals surface area contributed by atoms with Crippen LogP contribution in [0.3, 0.4) is 0 Å². The van der Waals surface area contributed by atoms with E-state index in [0.717, 1.165) is 10.3 Å². The van der Waals surface area contributed by atoms with Gasteiger partial charge >= 0.3 is 0 Å². The highest BCUT2D eigenvalue weighted by atomic mass is 79.9. The lowest BCUT2D eigenvalue weighted by atomic mass is 10.1. The molecule has 2 nitrogen and oxygen atoms in total. The maximum atomic E-state index is 4.22. The Labute approximate surface area is 103 Å². The predicted molar refractivity (Wildman–Crippen MR) is 70.5 cm³/mol. The van der Waals surface area contributed by atoms with Crippen LogP contribution in [0.15, 0.2) is 22.9 Å². The number of nitrogens with one attached hydrogen (secondary N) is 1. The van der Waals surface area contributed by atoms with E-state index in [9.17, 15) is 0 Å². The van der Waals surface area contributed by atoms with Gasteiger partial charge in [-0.3, -0.25) is 0 Å². The molecule has 4 heteroatoms. The quantitative estimate of drug-likeness (QED) is 0.842. The summed E-state index contributed by atoms with van der Waals surface area (Å²) in [6, 6.07) is 4.64. The van der Waals surface area contributed by atoms with E-state index < -0.39 is 0 Å². The summed E-state index contributed by atoms with van der Waals surface area (Å²) in [6.07, 6.45) is 4.47. The van der Waals surface area contributed by atoms with Gasteiger partial charge in [-0.25, -0.2) is 4.98 Å². The molecule has 2 unspecified atom stereocenters. The minimum absolute atomic E-state index is 0.590. The zero-order valence-electron chi connectivity index (χ0n) is 8.74. The van der Waals surface area contributed by atoms with Gasteiger partial charge in [-0.1, -0.05) is 6.92 Å². The van der Waals surface area contributed by atoms with Gasteiger partial charge in [-0.15, -0.1) is 0 Å². The highest BCUT2D eigenvalue weighted by Gasteiger charge is 2.21. The van der Waals surface area contributed by atoms with Gasteiger partial charge in [0, 0.05) is 11.3 Å². The van der Waals surface area contributed by atoms with Gasteiger partial charge in [0.1, 0.15) is 4.60 Å². The van der Waals surface area contributed by atoms with Crippen molar-refractivity contribution >= 4 is 33.4 Å². The van der Waals surface area contributed by atoms with E-state index >= 15 is 0 Å². The van der Waals surface area contributed by atoms with Gasteiger partial charge < -0.3 is 5.32 Å². The van der Waals surface area contributed by atoms with Gasteiger partial charge in [0.15, 0.2) is 0 Å². The molecule has 0 aromatic carbocycles. The third-order valence-corrected chi connectivity index (χ3v) is 4.53.